The summed E-state index contributed by atoms with van der Waals surface area (Å²) in [5.74, 6) is 0. The van der Waals surface area contributed by atoms with Gasteiger partial charge in [0, 0.05) is 24.8 Å². The molecule has 0 amide bonds. The first-order chi connectivity index (χ1) is 8.93. The monoisotopic (exact) mass is 259 g/mol. The summed E-state index contributed by atoms with van der Waals surface area (Å²) in [5.41, 5.74) is 1.27. The molecule has 1 fully saturated rings. The number of hydrogen-bond acceptors (Lipinski definition) is 4. The van der Waals surface area contributed by atoms with Gasteiger partial charge < -0.3 is 4.90 Å². The average molecular weight is 259 g/mol. The van der Waals surface area contributed by atoms with E-state index in [0.29, 0.717) is 5.41 Å². The van der Waals surface area contributed by atoms with E-state index in [0.717, 1.165) is 31.6 Å². The number of nitro benzene ring substituents is 1. The van der Waals surface area contributed by atoms with E-state index < -0.39 is 4.92 Å². The fraction of sp³-hybridized carbons (Fsp3) is 0.500. The van der Waals surface area contributed by atoms with Crippen molar-refractivity contribution in [3.63, 3.8) is 0 Å². The molecule has 1 aliphatic rings. The predicted molar refractivity (Wildman–Crippen MR) is 73.0 cm³/mol. The third-order valence-electron chi connectivity index (χ3n) is 3.78. The summed E-state index contributed by atoms with van der Waals surface area (Å²) in [6, 6.07) is 6.68. The normalized spacial score (nSPS) is 17.8. The molecule has 1 heterocycles. The van der Waals surface area contributed by atoms with Gasteiger partial charge in [-0.1, -0.05) is 13.8 Å². The van der Waals surface area contributed by atoms with E-state index in [1.165, 1.54) is 6.07 Å². The molecule has 19 heavy (non-hydrogen) atoms. The Bertz CT molecular complexity index is 536. The second kappa shape index (κ2) is 4.88. The van der Waals surface area contributed by atoms with E-state index in [-0.39, 0.29) is 11.3 Å². The van der Waals surface area contributed by atoms with Crippen LogP contribution in [0, 0.1) is 26.9 Å². The highest BCUT2D eigenvalue weighted by Gasteiger charge is 2.26. The smallest absolute Gasteiger partial charge is 0.287 e. The van der Waals surface area contributed by atoms with Gasteiger partial charge in [0.25, 0.3) is 5.69 Å². The van der Waals surface area contributed by atoms with Gasteiger partial charge >= 0.3 is 0 Å². The Balaban J connectivity index is 2.23. The Labute approximate surface area is 112 Å². The molecule has 0 radical (unpaired) electrons. The lowest BCUT2D eigenvalue weighted by atomic mass is 9.82. The molecular formula is C14H17N3O2. The minimum atomic E-state index is -0.512. The van der Waals surface area contributed by atoms with Gasteiger partial charge in [0.05, 0.1) is 4.92 Å². The number of benzene rings is 1. The maximum absolute atomic E-state index is 10.8. The Hall–Kier alpha value is -2.09. The number of nitro groups is 1. The van der Waals surface area contributed by atoms with Crippen LogP contribution in [0.25, 0.3) is 0 Å². The lowest BCUT2D eigenvalue weighted by Gasteiger charge is -2.38. The van der Waals surface area contributed by atoms with Crippen molar-refractivity contribution >= 4 is 11.4 Å². The van der Waals surface area contributed by atoms with E-state index in [4.69, 9.17) is 5.26 Å². The topological polar surface area (TPSA) is 70.2 Å². The third-order valence-corrected chi connectivity index (χ3v) is 3.78. The molecule has 0 N–H and O–H groups in total. The van der Waals surface area contributed by atoms with Gasteiger partial charge in [0.2, 0.25) is 0 Å². The number of piperidine rings is 1. The highest BCUT2D eigenvalue weighted by atomic mass is 16.6. The van der Waals surface area contributed by atoms with Crippen LogP contribution >= 0.6 is 0 Å². The van der Waals surface area contributed by atoms with E-state index in [9.17, 15) is 10.1 Å². The zero-order valence-electron chi connectivity index (χ0n) is 11.2. The van der Waals surface area contributed by atoms with Crippen LogP contribution in [0.4, 0.5) is 11.4 Å². The second-order valence-corrected chi connectivity index (χ2v) is 5.72. The van der Waals surface area contributed by atoms with E-state index in [1.807, 2.05) is 6.07 Å². The molecule has 1 aliphatic heterocycles. The summed E-state index contributed by atoms with van der Waals surface area (Å²) in [5, 5.41) is 19.8. The van der Waals surface area contributed by atoms with Crippen LogP contribution in [0.2, 0.25) is 0 Å². The van der Waals surface area contributed by atoms with Crippen LogP contribution in [0.15, 0.2) is 18.2 Å². The number of rotatable bonds is 2. The molecule has 0 bridgehead atoms. The van der Waals surface area contributed by atoms with Crippen molar-refractivity contribution in [1.29, 1.82) is 5.26 Å². The van der Waals surface area contributed by atoms with Crippen LogP contribution in [-0.4, -0.2) is 18.0 Å². The number of anilines is 1. The Morgan fingerprint density at radius 2 is 2.00 bits per heavy atom. The molecule has 1 aromatic rings. The minimum absolute atomic E-state index is 0.122. The van der Waals surface area contributed by atoms with E-state index >= 15 is 0 Å². The van der Waals surface area contributed by atoms with Crippen molar-refractivity contribution in [2.75, 3.05) is 18.0 Å². The highest BCUT2D eigenvalue weighted by molar-refractivity contribution is 5.60. The highest BCUT2D eigenvalue weighted by Crippen LogP contribution is 2.33. The van der Waals surface area contributed by atoms with Crippen molar-refractivity contribution < 1.29 is 4.92 Å². The third kappa shape index (κ3) is 2.84. The van der Waals surface area contributed by atoms with E-state index in [2.05, 4.69) is 18.7 Å². The van der Waals surface area contributed by atoms with Crippen LogP contribution in [-0.2, 0) is 0 Å². The Morgan fingerprint density at radius 3 is 2.53 bits per heavy atom. The molecule has 100 valence electrons. The van der Waals surface area contributed by atoms with Gasteiger partial charge in [-0.3, -0.25) is 10.1 Å². The molecule has 2 rings (SSSR count). The van der Waals surface area contributed by atoms with Crippen LogP contribution < -0.4 is 4.90 Å². The van der Waals surface area contributed by atoms with Gasteiger partial charge in [-0.2, -0.15) is 5.26 Å². The molecule has 0 aromatic heterocycles. The SMILES string of the molecule is CC1(C)CCN(c2ccc([N+](=O)[O-])c(C#N)c2)CC1. The first kappa shape index (κ1) is 13.3. The first-order valence-corrected chi connectivity index (χ1v) is 6.36. The molecular weight excluding hydrogens is 242 g/mol. The zero-order chi connectivity index (χ0) is 14.0. The molecule has 0 spiro atoms. The summed E-state index contributed by atoms with van der Waals surface area (Å²) in [6.45, 7) is 6.35. The lowest BCUT2D eigenvalue weighted by Crippen LogP contribution is -2.37. The Kier molecular flexibility index (Phi) is 3.43. The maximum atomic E-state index is 10.8. The molecule has 0 saturated carbocycles. The zero-order valence-corrected chi connectivity index (χ0v) is 11.2. The quantitative estimate of drug-likeness (QED) is 0.604. The predicted octanol–water partition coefficient (Wildman–Crippen LogP) is 3.09. The summed E-state index contributed by atoms with van der Waals surface area (Å²) in [6.07, 6.45) is 2.18. The molecule has 5 nitrogen and oxygen atoms in total. The van der Waals surface area contributed by atoms with Crippen LogP contribution in [0.3, 0.4) is 0 Å². The largest absolute Gasteiger partial charge is 0.371 e. The fourth-order valence-electron chi connectivity index (χ4n) is 2.34. The average Bonchev–Trinajstić information content (AvgIpc) is 2.37. The molecule has 1 saturated heterocycles. The standard InChI is InChI=1S/C14H17N3O2/c1-14(2)5-7-16(8-6-14)12-3-4-13(17(18)19)11(9-12)10-15/h3-4,9H,5-8H2,1-2H3. The minimum Gasteiger partial charge on any atom is -0.371 e. The molecule has 0 unspecified atom stereocenters. The van der Waals surface area contributed by atoms with Gasteiger partial charge in [0.1, 0.15) is 11.6 Å². The van der Waals surface area contributed by atoms with Gasteiger partial charge in [-0.15, -0.1) is 0 Å². The number of nitriles is 1. The number of hydrogen-bond donors (Lipinski definition) is 0. The van der Waals surface area contributed by atoms with E-state index in [1.54, 1.807) is 12.1 Å². The molecule has 0 aliphatic carbocycles. The molecule has 0 atom stereocenters. The first-order valence-electron chi connectivity index (χ1n) is 6.36. The van der Waals surface area contributed by atoms with Crippen molar-refractivity contribution in [2.24, 2.45) is 5.41 Å². The van der Waals surface area contributed by atoms with Crippen LogP contribution in [0.1, 0.15) is 32.3 Å². The second-order valence-electron chi connectivity index (χ2n) is 5.72. The summed E-state index contributed by atoms with van der Waals surface area (Å²) >= 11 is 0. The maximum Gasteiger partial charge on any atom is 0.287 e. The van der Waals surface area contributed by atoms with Gasteiger partial charge in [-0.25, -0.2) is 0 Å². The van der Waals surface area contributed by atoms with Crippen molar-refractivity contribution in [2.45, 2.75) is 26.7 Å². The van der Waals surface area contributed by atoms with Crippen LogP contribution in [0.5, 0.6) is 0 Å². The van der Waals surface area contributed by atoms with Crippen molar-refractivity contribution in [3.8, 4) is 6.07 Å². The molecule has 1 aromatic carbocycles. The number of nitrogens with zero attached hydrogens (tertiary/aromatic N) is 3. The summed E-state index contributed by atoms with van der Waals surface area (Å²) in [7, 11) is 0. The summed E-state index contributed by atoms with van der Waals surface area (Å²) < 4.78 is 0. The Morgan fingerprint density at radius 1 is 1.37 bits per heavy atom. The summed E-state index contributed by atoms with van der Waals surface area (Å²) in [4.78, 5) is 12.5. The van der Waals surface area contributed by atoms with Crippen molar-refractivity contribution in [1.82, 2.24) is 0 Å². The molecule has 5 heteroatoms. The van der Waals surface area contributed by atoms with Crippen molar-refractivity contribution in [3.05, 3.63) is 33.9 Å². The fourth-order valence-corrected chi connectivity index (χ4v) is 2.34. The van der Waals surface area contributed by atoms with Gasteiger partial charge in [0.15, 0.2) is 0 Å². The lowest BCUT2D eigenvalue weighted by molar-refractivity contribution is -0.385. The van der Waals surface area contributed by atoms with Gasteiger partial charge in [-0.05, 0) is 30.4 Å².